The molecule has 0 aliphatic carbocycles. The summed E-state index contributed by atoms with van der Waals surface area (Å²) in [5.74, 6) is -0.753. The van der Waals surface area contributed by atoms with Gasteiger partial charge in [-0.1, -0.05) is 37.3 Å². The Morgan fingerprint density at radius 1 is 1.10 bits per heavy atom. The Morgan fingerprint density at radius 2 is 1.85 bits per heavy atom. The zero-order valence-electron chi connectivity index (χ0n) is 22.0. The normalized spacial score (nSPS) is 20.0. The van der Waals surface area contributed by atoms with Crippen molar-refractivity contribution in [3.05, 3.63) is 60.9 Å². The van der Waals surface area contributed by atoms with Crippen LogP contribution >= 0.6 is 11.3 Å². The van der Waals surface area contributed by atoms with Crippen LogP contribution in [0, 0.1) is 5.92 Å². The zero-order valence-corrected chi connectivity index (χ0v) is 23.6. The number of nitrogens with zero attached hydrogens (tertiary/aromatic N) is 4. The first-order valence-electron chi connectivity index (χ1n) is 12.9. The number of hydrogen-bond donors (Lipinski definition) is 1. The van der Waals surface area contributed by atoms with Crippen LogP contribution < -0.4 is 10.1 Å². The van der Waals surface area contributed by atoms with Gasteiger partial charge in [-0.2, -0.15) is 4.31 Å². The molecule has 0 aromatic carbocycles. The van der Waals surface area contributed by atoms with Crippen molar-refractivity contribution in [1.82, 2.24) is 24.5 Å². The molecule has 2 fully saturated rings. The Hall–Kier alpha value is -3.68. The molecule has 1 N–H and O–H groups in total. The molecule has 40 heavy (non-hydrogen) atoms. The van der Waals surface area contributed by atoms with E-state index in [0.29, 0.717) is 17.9 Å². The number of likely N-dealkylation sites (tertiary alicyclic amines) is 1. The number of amides is 2. The Balaban J connectivity index is 1.29. The number of rotatable bonds is 8. The number of nitrogens with one attached hydrogen (secondary N) is 1. The summed E-state index contributed by atoms with van der Waals surface area (Å²) in [6.07, 6.45) is 2.88. The number of Topliss-reactive ketones (excluding diaryl/α,β-unsaturated/α-hetero) is 1. The van der Waals surface area contributed by atoms with E-state index in [-0.39, 0.29) is 29.8 Å². The number of thiophene rings is 1. The summed E-state index contributed by atoms with van der Waals surface area (Å²) in [7, 11) is -4.02. The zero-order chi connectivity index (χ0) is 28.4. The van der Waals surface area contributed by atoms with Gasteiger partial charge in [0.25, 0.3) is 10.0 Å². The molecule has 2 aliphatic rings. The fourth-order valence-electron chi connectivity index (χ4n) is 5.14. The molecule has 0 spiro atoms. The van der Waals surface area contributed by atoms with Crippen molar-refractivity contribution in [2.75, 3.05) is 13.1 Å². The van der Waals surface area contributed by atoms with Crippen LogP contribution in [0.5, 0.6) is 5.06 Å². The minimum absolute atomic E-state index is 0.0467. The first kappa shape index (κ1) is 27.9. The number of carbonyl (C=O) groups excluding carboxylic acids is 3. The van der Waals surface area contributed by atoms with Crippen molar-refractivity contribution < 1.29 is 27.5 Å². The fourth-order valence-corrected chi connectivity index (χ4v) is 7.53. The van der Waals surface area contributed by atoms with E-state index in [1.165, 1.54) is 28.5 Å². The summed E-state index contributed by atoms with van der Waals surface area (Å²) in [5, 5.41) is 2.87. The molecule has 5 heterocycles. The molecule has 2 saturated heterocycles. The van der Waals surface area contributed by atoms with E-state index in [2.05, 4.69) is 15.3 Å². The number of fused-ring (bicyclic) bond motifs is 1. The first-order chi connectivity index (χ1) is 19.1. The predicted molar refractivity (Wildman–Crippen MR) is 147 cm³/mol. The van der Waals surface area contributed by atoms with Gasteiger partial charge in [-0.15, -0.1) is 0 Å². The molecule has 2 amide bonds. The number of aromatic nitrogens is 2. The molecule has 0 bridgehead atoms. The van der Waals surface area contributed by atoms with Gasteiger partial charge in [0.15, 0.2) is 15.9 Å². The molecule has 5 rings (SSSR count). The van der Waals surface area contributed by atoms with Crippen LogP contribution in [0.3, 0.4) is 0 Å². The monoisotopic (exact) mass is 583 g/mol. The van der Waals surface area contributed by atoms with Crippen molar-refractivity contribution in [3.8, 4) is 15.6 Å². The maximum Gasteiger partial charge on any atom is 0.414 e. The molecule has 2 aliphatic heterocycles. The Kier molecular flexibility index (Phi) is 7.97. The van der Waals surface area contributed by atoms with Gasteiger partial charge in [-0.25, -0.2) is 18.2 Å². The second-order valence-electron chi connectivity index (χ2n) is 10.1. The van der Waals surface area contributed by atoms with Gasteiger partial charge in [0.1, 0.15) is 12.1 Å². The van der Waals surface area contributed by atoms with Crippen molar-refractivity contribution >= 4 is 39.1 Å². The fraction of sp³-hybridized carbons (Fsp3) is 0.370. The third-order valence-electron chi connectivity index (χ3n) is 6.86. The summed E-state index contributed by atoms with van der Waals surface area (Å²) in [6.45, 7) is 3.69. The molecule has 210 valence electrons. The van der Waals surface area contributed by atoms with Crippen molar-refractivity contribution in [2.45, 2.75) is 49.8 Å². The predicted octanol–water partition coefficient (Wildman–Crippen LogP) is 2.95. The number of pyridine rings is 2. The van der Waals surface area contributed by atoms with Gasteiger partial charge in [0, 0.05) is 18.9 Å². The van der Waals surface area contributed by atoms with Crippen molar-refractivity contribution in [3.63, 3.8) is 0 Å². The topological polar surface area (TPSA) is 139 Å². The Morgan fingerprint density at radius 3 is 2.52 bits per heavy atom. The average molecular weight is 584 g/mol. The molecule has 3 unspecified atom stereocenters. The molecular formula is C27H29N5O6S2. The highest BCUT2D eigenvalue weighted by molar-refractivity contribution is 7.89. The second-order valence-corrected chi connectivity index (χ2v) is 13.0. The summed E-state index contributed by atoms with van der Waals surface area (Å²) < 4.78 is 33.1. The van der Waals surface area contributed by atoms with Gasteiger partial charge >= 0.3 is 6.09 Å². The molecule has 3 aromatic rings. The highest BCUT2D eigenvalue weighted by atomic mass is 32.2. The van der Waals surface area contributed by atoms with Crippen LogP contribution in [0.2, 0.25) is 0 Å². The SMILES string of the molecule is CC(C)CC(NC(=O)Oc1ccc(-c2ccccn2)s1)C(=O)N1CCC2C1C(=O)CN2S(=O)(=O)c1ccccn1. The number of hydrogen-bond acceptors (Lipinski definition) is 9. The molecule has 3 aromatic heterocycles. The standard InChI is InChI=1S/C27H29N5O6S2/c1-17(2)15-19(30-27(35)38-24-10-9-22(39-24)18-7-3-5-12-28-18)26(34)31-14-11-20-25(31)21(33)16-32(20)40(36,37)23-8-4-6-13-29-23/h3-10,12-13,17,19-20,25H,11,14-16H2,1-2H3,(H,30,35). The highest BCUT2D eigenvalue weighted by Gasteiger charge is 2.54. The lowest BCUT2D eigenvalue weighted by molar-refractivity contribution is -0.138. The minimum Gasteiger partial charge on any atom is -0.399 e. The van der Waals surface area contributed by atoms with Crippen molar-refractivity contribution in [2.24, 2.45) is 5.92 Å². The number of carbonyl (C=O) groups is 3. The lowest BCUT2D eigenvalue weighted by atomic mass is 10.0. The van der Waals surface area contributed by atoms with E-state index in [9.17, 15) is 22.8 Å². The minimum atomic E-state index is -4.02. The van der Waals surface area contributed by atoms with Crippen molar-refractivity contribution in [1.29, 1.82) is 0 Å². The van der Waals surface area contributed by atoms with E-state index in [4.69, 9.17) is 4.74 Å². The van der Waals surface area contributed by atoms with E-state index < -0.39 is 40.1 Å². The number of ether oxygens (including phenoxy) is 1. The summed E-state index contributed by atoms with van der Waals surface area (Å²) in [6, 6.07) is 11.0. The number of sulfonamides is 1. The van der Waals surface area contributed by atoms with Gasteiger partial charge in [0.05, 0.1) is 23.2 Å². The van der Waals surface area contributed by atoms with Gasteiger partial charge in [-0.3, -0.25) is 14.6 Å². The first-order valence-corrected chi connectivity index (χ1v) is 15.2. The lowest BCUT2D eigenvalue weighted by Crippen LogP contribution is -2.53. The van der Waals surface area contributed by atoms with E-state index >= 15 is 0 Å². The van der Waals surface area contributed by atoms with E-state index in [1.54, 1.807) is 30.5 Å². The second kappa shape index (κ2) is 11.4. The van der Waals surface area contributed by atoms with Crippen LogP contribution in [0.25, 0.3) is 10.6 Å². The molecule has 0 saturated carbocycles. The van der Waals surface area contributed by atoms with Crippen LogP contribution in [0.1, 0.15) is 26.7 Å². The lowest BCUT2D eigenvalue weighted by Gasteiger charge is -2.28. The van der Waals surface area contributed by atoms with Crippen LogP contribution in [-0.4, -0.2) is 76.6 Å². The molecular weight excluding hydrogens is 554 g/mol. The smallest absolute Gasteiger partial charge is 0.399 e. The van der Waals surface area contributed by atoms with Gasteiger partial charge < -0.3 is 15.0 Å². The van der Waals surface area contributed by atoms with Crippen LogP contribution in [-0.2, 0) is 19.6 Å². The third kappa shape index (κ3) is 5.62. The maximum atomic E-state index is 13.7. The molecule has 13 heteroatoms. The molecule has 0 radical (unpaired) electrons. The van der Waals surface area contributed by atoms with Crippen LogP contribution in [0.4, 0.5) is 4.79 Å². The number of ketones is 1. The van der Waals surface area contributed by atoms with Gasteiger partial charge in [-0.05, 0) is 55.2 Å². The summed E-state index contributed by atoms with van der Waals surface area (Å²) in [5.41, 5.74) is 0.750. The maximum absolute atomic E-state index is 13.7. The van der Waals surface area contributed by atoms with E-state index in [1.807, 2.05) is 32.0 Å². The highest BCUT2D eigenvalue weighted by Crippen LogP contribution is 2.35. The van der Waals surface area contributed by atoms with Crippen LogP contribution in [0.15, 0.2) is 66.0 Å². The summed E-state index contributed by atoms with van der Waals surface area (Å²) >= 11 is 1.25. The third-order valence-corrected chi connectivity index (χ3v) is 9.63. The Labute approximate surface area is 236 Å². The largest absolute Gasteiger partial charge is 0.414 e. The van der Waals surface area contributed by atoms with Gasteiger partial charge in [0.2, 0.25) is 5.91 Å². The summed E-state index contributed by atoms with van der Waals surface area (Å²) in [4.78, 5) is 50.0. The average Bonchev–Trinajstić information content (AvgIpc) is 3.66. The quantitative estimate of drug-likeness (QED) is 0.427. The Bertz CT molecular complexity index is 1500. The molecule has 11 nitrogen and oxygen atoms in total. The molecule has 3 atom stereocenters. The van der Waals surface area contributed by atoms with E-state index in [0.717, 1.165) is 14.9 Å².